The van der Waals surface area contributed by atoms with Crippen molar-refractivity contribution in [2.45, 2.75) is 148 Å². The summed E-state index contributed by atoms with van der Waals surface area (Å²) in [5.41, 5.74) is 0. The number of hydrogen-bond acceptors (Lipinski definition) is 7. The maximum atomic E-state index is 12.0. The number of ether oxygens (including phenoxy) is 1. The normalized spacial score (nSPS) is 14.0. The van der Waals surface area contributed by atoms with Crippen LogP contribution in [0.4, 0.5) is 0 Å². The molecule has 3 N–H and O–H groups in total. The molecule has 262 valence electrons. The van der Waals surface area contributed by atoms with E-state index in [9.17, 15) is 24.2 Å². The highest BCUT2D eigenvalue weighted by atomic mass is 31.2. The van der Waals surface area contributed by atoms with Gasteiger partial charge in [-0.15, -0.1) is 0 Å². The smallest absolute Gasteiger partial charge is 0.463 e. The molecule has 9 nitrogen and oxygen atoms in total. The Morgan fingerprint density at radius 3 is 1.80 bits per heavy atom. The lowest BCUT2D eigenvalue weighted by Gasteiger charge is -2.15. The van der Waals surface area contributed by atoms with Gasteiger partial charge in [0, 0.05) is 19.4 Å². The van der Waals surface area contributed by atoms with Crippen LogP contribution in [0.25, 0.3) is 0 Å². The van der Waals surface area contributed by atoms with Gasteiger partial charge in [0.05, 0.1) is 13.2 Å². The quantitative estimate of drug-likeness (QED) is 0.0284. The van der Waals surface area contributed by atoms with Crippen LogP contribution >= 0.6 is 7.82 Å². The van der Waals surface area contributed by atoms with E-state index in [1.165, 1.54) is 77.0 Å². The first-order chi connectivity index (χ1) is 21.8. The molecule has 0 bridgehead atoms. The van der Waals surface area contributed by atoms with Gasteiger partial charge in [0.2, 0.25) is 5.91 Å². The topological polar surface area (TPSA) is 131 Å². The lowest BCUT2D eigenvalue weighted by atomic mass is 10.0. The number of aliphatic hydroxyl groups excluding tert-OH is 1. The SMILES string of the molecule is CCCCC/C=C\C/C=C\C/C=C\CCCCCCCCCCCCC(=O)NCCOP(=O)(O)OCC(O)COC(=O)CCC. The predicted molar refractivity (Wildman–Crippen MR) is 183 cm³/mol. The molecule has 0 aliphatic rings. The minimum Gasteiger partial charge on any atom is -0.463 e. The number of rotatable bonds is 32. The summed E-state index contributed by atoms with van der Waals surface area (Å²) in [6, 6.07) is 0. The van der Waals surface area contributed by atoms with E-state index < -0.39 is 26.5 Å². The highest BCUT2D eigenvalue weighted by Gasteiger charge is 2.23. The molecule has 0 saturated heterocycles. The fourth-order valence-corrected chi connectivity index (χ4v) is 5.18. The van der Waals surface area contributed by atoms with Gasteiger partial charge < -0.3 is 20.1 Å². The summed E-state index contributed by atoms with van der Waals surface area (Å²) in [5, 5.41) is 12.4. The van der Waals surface area contributed by atoms with Gasteiger partial charge in [-0.25, -0.2) is 4.57 Å². The first-order valence-electron chi connectivity index (χ1n) is 17.5. The number of amides is 1. The number of carbonyl (C=O) groups excluding carboxylic acids is 2. The molecule has 0 radical (unpaired) electrons. The third kappa shape index (κ3) is 33.4. The summed E-state index contributed by atoms with van der Waals surface area (Å²) < 4.78 is 26.2. The van der Waals surface area contributed by atoms with Gasteiger partial charge in [0.25, 0.3) is 0 Å². The maximum Gasteiger partial charge on any atom is 0.472 e. The van der Waals surface area contributed by atoms with Crippen LogP contribution < -0.4 is 5.32 Å². The number of hydrogen-bond donors (Lipinski definition) is 3. The van der Waals surface area contributed by atoms with Crippen LogP contribution in [0.1, 0.15) is 142 Å². The average molecular weight is 658 g/mol. The van der Waals surface area contributed by atoms with Crippen molar-refractivity contribution in [3.05, 3.63) is 36.5 Å². The number of nitrogens with one attached hydrogen (secondary N) is 1. The zero-order valence-electron chi connectivity index (χ0n) is 28.3. The number of aliphatic hydroxyl groups is 1. The number of phosphoric acid groups is 1. The first-order valence-corrected chi connectivity index (χ1v) is 19.0. The minimum atomic E-state index is -4.39. The third-order valence-corrected chi connectivity index (χ3v) is 8.03. The van der Waals surface area contributed by atoms with Gasteiger partial charge in [-0.2, -0.15) is 0 Å². The molecule has 2 unspecified atom stereocenters. The predicted octanol–water partition coefficient (Wildman–Crippen LogP) is 8.65. The van der Waals surface area contributed by atoms with Crippen LogP contribution in [0, 0.1) is 0 Å². The van der Waals surface area contributed by atoms with E-state index in [-0.39, 0.29) is 32.1 Å². The Kier molecular flexibility index (Phi) is 30.9. The fraction of sp³-hybridized carbons (Fsp3) is 0.771. The van der Waals surface area contributed by atoms with E-state index in [0.29, 0.717) is 12.8 Å². The summed E-state index contributed by atoms with van der Waals surface area (Å²) >= 11 is 0. The van der Waals surface area contributed by atoms with E-state index in [0.717, 1.165) is 32.1 Å². The van der Waals surface area contributed by atoms with Crippen molar-refractivity contribution in [3.63, 3.8) is 0 Å². The van der Waals surface area contributed by atoms with Crippen molar-refractivity contribution >= 4 is 19.7 Å². The number of unbranched alkanes of at least 4 members (excludes halogenated alkanes) is 13. The van der Waals surface area contributed by atoms with Crippen molar-refractivity contribution in [3.8, 4) is 0 Å². The maximum absolute atomic E-state index is 12.0. The van der Waals surface area contributed by atoms with E-state index in [1.807, 2.05) is 6.92 Å². The van der Waals surface area contributed by atoms with Gasteiger partial charge in [-0.05, 0) is 51.4 Å². The van der Waals surface area contributed by atoms with Crippen LogP contribution in [0.15, 0.2) is 36.5 Å². The van der Waals surface area contributed by atoms with Crippen molar-refractivity contribution in [1.82, 2.24) is 5.32 Å². The highest BCUT2D eigenvalue weighted by Crippen LogP contribution is 2.42. The molecule has 0 saturated carbocycles. The van der Waals surface area contributed by atoms with Crippen molar-refractivity contribution in [2.75, 3.05) is 26.4 Å². The molecular formula is C35H64NO8P. The highest BCUT2D eigenvalue weighted by molar-refractivity contribution is 7.47. The van der Waals surface area contributed by atoms with Gasteiger partial charge in [-0.1, -0.05) is 115 Å². The molecule has 0 aromatic carbocycles. The molecule has 1 amide bonds. The molecule has 0 aromatic heterocycles. The molecule has 0 fully saturated rings. The Balaban J connectivity index is 3.51. The largest absolute Gasteiger partial charge is 0.472 e. The Morgan fingerprint density at radius 2 is 1.22 bits per heavy atom. The Hall–Kier alpha value is -1.77. The molecule has 0 aliphatic carbocycles. The number of allylic oxidation sites excluding steroid dienone is 6. The van der Waals surface area contributed by atoms with Crippen LogP contribution in [-0.4, -0.2) is 54.3 Å². The van der Waals surface area contributed by atoms with Gasteiger partial charge in [0.15, 0.2) is 0 Å². The lowest BCUT2D eigenvalue weighted by molar-refractivity contribution is -0.147. The second kappa shape index (κ2) is 32.2. The van der Waals surface area contributed by atoms with E-state index in [1.54, 1.807) is 0 Å². The van der Waals surface area contributed by atoms with Gasteiger partial charge in [0.1, 0.15) is 12.7 Å². The summed E-state index contributed by atoms with van der Waals surface area (Å²) in [6.45, 7) is 3.09. The van der Waals surface area contributed by atoms with Crippen LogP contribution in [0.5, 0.6) is 0 Å². The van der Waals surface area contributed by atoms with Crippen LogP contribution in [0.3, 0.4) is 0 Å². The summed E-state index contributed by atoms with van der Waals surface area (Å²) in [5.74, 6) is -0.577. The zero-order valence-corrected chi connectivity index (χ0v) is 29.2. The van der Waals surface area contributed by atoms with Crippen LogP contribution in [-0.2, 0) is 27.9 Å². The average Bonchev–Trinajstić information content (AvgIpc) is 3.01. The number of esters is 1. The molecule has 0 rings (SSSR count). The second-order valence-corrected chi connectivity index (χ2v) is 12.9. The lowest BCUT2D eigenvalue weighted by Crippen LogP contribution is -2.27. The summed E-state index contributed by atoms with van der Waals surface area (Å²) in [7, 11) is -4.39. The minimum absolute atomic E-state index is 0.0783. The second-order valence-electron chi connectivity index (χ2n) is 11.5. The van der Waals surface area contributed by atoms with E-state index in [2.05, 4.69) is 48.7 Å². The standard InChI is InChI=1S/C35H64NO8P/c1-3-5-6-7-8-9-10-11-12-13-14-15-16-17-18-19-20-21-22-23-24-25-26-28-34(38)36-29-30-43-45(40,41)44-32-33(37)31-42-35(39)27-4-2/h8-9,11-12,14-15,33,37H,3-7,10,13,16-32H2,1-2H3,(H,36,38)(H,40,41)/b9-8-,12-11-,15-14-. The van der Waals surface area contributed by atoms with Crippen molar-refractivity contribution in [1.29, 1.82) is 0 Å². The van der Waals surface area contributed by atoms with Crippen molar-refractivity contribution in [2.24, 2.45) is 0 Å². The molecule has 45 heavy (non-hydrogen) atoms. The third-order valence-electron chi connectivity index (χ3n) is 7.04. The summed E-state index contributed by atoms with van der Waals surface area (Å²) in [4.78, 5) is 32.9. The fourth-order valence-electron chi connectivity index (χ4n) is 4.42. The first kappa shape index (κ1) is 43.2. The molecule has 2 atom stereocenters. The van der Waals surface area contributed by atoms with E-state index in [4.69, 9.17) is 13.8 Å². The van der Waals surface area contributed by atoms with Gasteiger partial charge in [-0.3, -0.25) is 18.6 Å². The number of carbonyl (C=O) groups is 2. The Labute approximate surface area is 273 Å². The summed E-state index contributed by atoms with van der Waals surface area (Å²) in [6.07, 6.45) is 33.9. The van der Waals surface area contributed by atoms with Crippen molar-refractivity contribution < 1.29 is 37.9 Å². The monoisotopic (exact) mass is 657 g/mol. The van der Waals surface area contributed by atoms with E-state index >= 15 is 0 Å². The van der Waals surface area contributed by atoms with Crippen LogP contribution in [0.2, 0.25) is 0 Å². The molecular weight excluding hydrogens is 593 g/mol. The molecule has 0 aromatic rings. The molecule has 0 spiro atoms. The van der Waals surface area contributed by atoms with Gasteiger partial charge >= 0.3 is 13.8 Å². The molecule has 0 heterocycles. The zero-order chi connectivity index (χ0) is 33.3. The molecule has 0 aliphatic heterocycles. The molecule has 10 heteroatoms. The number of phosphoric ester groups is 1. The Bertz CT molecular complexity index is 846. The Morgan fingerprint density at radius 1 is 0.689 bits per heavy atom.